The number of nitrogens with one attached hydrogen (secondary N) is 1. The molecule has 0 aliphatic rings. The van der Waals surface area contributed by atoms with Crippen molar-refractivity contribution < 1.29 is 24.2 Å². The first kappa shape index (κ1) is 19.4. The molecule has 0 saturated heterocycles. The van der Waals surface area contributed by atoms with Crippen LogP contribution in [0.25, 0.3) is 11.0 Å². The van der Waals surface area contributed by atoms with Crippen molar-refractivity contribution in [3.8, 4) is 17.4 Å². The fraction of sp³-hybridized carbons (Fsp3) is 0.158. The van der Waals surface area contributed by atoms with Gasteiger partial charge in [0, 0.05) is 5.02 Å². The van der Waals surface area contributed by atoms with E-state index in [4.69, 9.17) is 26.2 Å². The maximum absolute atomic E-state index is 11.7. The maximum atomic E-state index is 11.7. The van der Waals surface area contributed by atoms with Gasteiger partial charge in [0.25, 0.3) is 5.91 Å². The molecule has 3 rings (SSSR count). The number of hydrogen-bond donors (Lipinski definition) is 2. The van der Waals surface area contributed by atoms with Crippen LogP contribution in [0.1, 0.15) is 6.92 Å². The lowest BCUT2D eigenvalue weighted by atomic mass is 10.3. The van der Waals surface area contributed by atoms with E-state index in [9.17, 15) is 9.59 Å². The second kappa shape index (κ2) is 8.53. The Labute approximate surface area is 165 Å². The maximum Gasteiger partial charge on any atom is 0.322 e. The van der Waals surface area contributed by atoms with Crippen LogP contribution in [0.2, 0.25) is 5.02 Å². The lowest BCUT2D eigenvalue weighted by Crippen LogP contribution is -2.39. The van der Waals surface area contributed by atoms with Gasteiger partial charge < -0.3 is 19.9 Å². The summed E-state index contributed by atoms with van der Waals surface area (Å²) >= 11 is 5.97. The van der Waals surface area contributed by atoms with Crippen LogP contribution in [0.5, 0.6) is 17.4 Å². The zero-order valence-corrected chi connectivity index (χ0v) is 15.5. The fourth-order valence-electron chi connectivity index (χ4n) is 2.29. The number of hydrogen-bond acceptors (Lipinski definition) is 6. The summed E-state index contributed by atoms with van der Waals surface area (Å²) in [6.45, 7) is 1.06. The number of aromatic nitrogens is 2. The number of fused-ring (bicyclic) bond motifs is 1. The standard InChI is InChI=1S/C19H16ClN3O5/c1-11(19(26)22-10-18(24)25)27-13-3-5-14(6-4-13)28-17-9-21-15-7-2-12(20)8-16(15)23-17/h2-9,11H,10H2,1H3,(H,22,26)(H,24,25)/t11-/m1/s1. The van der Waals surface area contributed by atoms with Crippen LogP contribution in [0.15, 0.2) is 48.7 Å². The second-order valence-corrected chi connectivity index (χ2v) is 6.22. The van der Waals surface area contributed by atoms with Crippen LogP contribution in [-0.2, 0) is 9.59 Å². The minimum atomic E-state index is -1.12. The van der Waals surface area contributed by atoms with Gasteiger partial charge in [0.05, 0.1) is 17.2 Å². The SMILES string of the molecule is C[C@@H](Oc1ccc(Oc2cnc3ccc(Cl)cc3n2)cc1)C(=O)NCC(=O)O. The molecule has 144 valence electrons. The number of nitrogens with zero attached hydrogens (tertiary/aromatic N) is 2. The average Bonchev–Trinajstić information content (AvgIpc) is 2.67. The molecule has 28 heavy (non-hydrogen) atoms. The number of rotatable bonds is 7. The predicted molar refractivity (Wildman–Crippen MR) is 102 cm³/mol. The van der Waals surface area contributed by atoms with Crippen molar-refractivity contribution in [3.63, 3.8) is 0 Å². The van der Waals surface area contributed by atoms with Crippen molar-refractivity contribution in [2.45, 2.75) is 13.0 Å². The molecule has 0 unspecified atom stereocenters. The first-order valence-electron chi connectivity index (χ1n) is 8.27. The highest BCUT2D eigenvalue weighted by Crippen LogP contribution is 2.24. The average molecular weight is 402 g/mol. The fourth-order valence-corrected chi connectivity index (χ4v) is 2.45. The van der Waals surface area contributed by atoms with Gasteiger partial charge in [0.1, 0.15) is 18.0 Å². The van der Waals surface area contributed by atoms with Crippen molar-refractivity contribution in [2.75, 3.05) is 6.54 Å². The van der Waals surface area contributed by atoms with Gasteiger partial charge in [-0.2, -0.15) is 0 Å². The first-order valence-corrected chi connectivity index (χ1v) is 8.65. The van der Waals surface area contributed by atoms with E-state index >= 15 is 0 Å². The van der Waals surface area contributed by atoms with E-state index in [0.717, 1.165) is 0 Å². The third kappa shape index (κ3) is 5.08. The summed E-state index contributed by atoms with van der Waals surface area (Å²) in [4.78, 5) is 30.8. The van der Waals surface area contributed by atoms with Gasteiger partial charge in [-0.3, -0.25) is 9.59 Å². The minimum absolute atomic E-state index is 0.310. The molecule has 1 heterocycles. The topological polar surface area (TPSA) is 111 Å². The van der Waals surface area contributed by atoms with E-state index in [2.05, 4.69) is 15.3 Å². The minimum Gasteiger partial charge on any atom is -0.481 e. The summed E-state index contributed by atoms with van der Waals surface area (Å²) in [6, 6.07) is 11.8. The van der Waals surface area contributed by atoms with Crippen LogP contribution in [0, 0.1) is 0 Å². The molecule has 0 spiro atoms. The number of carbonyl (C=O) groups is 2. The zero-order chi connectivity index (χ0) is 20.1. The molecule has 2 aromatic carbocycles. The third-order valence-corrected chi connectivity index (χ3v) is 3.86. The highest BCUT2D eigenvalue weighted by atomic mass is 35.5. The Morgan fingerprint density at radius 2 is 1.86 bits per heavy atom. The summed E-state index contributed by atoms with van der Waals surface area (Å²) in [5.74, 6) is -0.397. The monoisotopic (exact) mass is 401 g/mol. The van der Waals surface area contributed by atoms with Crippen LogP contribution in [-0.4, -0.2) is 39.6 Å². The Balaban J connectivity index is 1.62. The Morgan fingerprint density at radius 1 is 1.14 bits per heavy atom. The number of benzene rings is 2. The van der Waals surface area contributed by atoms with Crippen LogP contribution in [0.3, 0.4) is 0 Å². The van der Waals surface area contributed by atoms with Crippen molar-refractivity contribution in [1.29, 1.82) is 0 Å². The van der Waals surface area contributed by atoms with Gasteiger partial charge in [0.2, 0.25) is 5.88 Å². The van der Waals surface area contributed by atoms with Crippen LogP contribution >= 0.6 is 11.6 Å². The molecule has 0 aliphatic heterocycles. The second-order valence-electron chi connectivity index (χ2n) is 5.79. The number of carbonyl (C=O) groups excluding carboxylic acids is 1. The Kier molecular flexibility index (Phi) is 5.90. The normalized spacial score (nSPS) is 11.6. The lowest BCUT2D eigenvalue weighted by Gasteiger charge is -2.14. The van der Waals surface area contributed by atoms with Crippen molar-refractivity contribution in [1.82, 2.24) is 15.3 Å². The molecule has 0 bridgehead atoms. The Bertz CT molecular complexity index is 1010. The molecule has 9 heteroatoms. The van der Waals surface area contributed by atoms with Gasteiger partial charge in [-0.15, -0.1) is 0 Å². The van der Waals surface area contributed by atoms with Gasteiger partial charge in [-0.05, 0) is 49.4 Å². The van der Waals surface area contributed by atoms with E-state index in [-0.39, 0.29) is 0 Å². The van der Waals surface area contributed by atoms with Crippen molar-refractivity contribution in [3.05, 3.63) is 53.7 Å². The first-order chi connectivity index (χ1) is 13.4. The molecule has 2 N–H and O–H groups in total. The number of carboxylic acid groups (broad SMARTS) is 1. The van der Waals surface area contributed by atoms with Gasteiger partial charge in [-0.25, -0.2) is 9.97 Å². The van der Waals surface area contributed by atoms with Crippen molar-refractivity contribution in [2.24, 2.45) is 0 Å². The zero-order valence-electron chi connectivity index (χ0n) is 14.8. The summed E-state index contributed by atoms with van der Waals surface area (Å²) < 4.78 is 11.2. The van der Waals surface area contributed by atoms with Crippen LogP contribution < -0.4 is 14.8 Å². The molecular formula is C19H16ClN3O5. The smallest absolute Gasteiger partial charge is 0.322 e. The predicted octanol–water partition coefficient (Wildman–Crippen LogP) is 3.04. The summed E-state index contributed by atoms with van der Waals surface area (Å²) in [5.41, 5.74) is 1.32. The summed E-state index contributed by atoms with van der Waals surface area (Å²) in [5, 5.41) is 11.4. The number of halogens is 1. The molecule has 0 fully saturated rings. The van der Waals surface area contributed by atoms with E-state index in [1.54, 1.807) is 42.5 Å². The molecule has 1 atom stereocenters. The van der Waals surface area contributed by atoms with Crippen LogP contribution in [0.4, 0.5) is 0 Å². The van der Waals surface area contributed by atoms with E-state index in [0.29, 0.717) is 33.4 Å². The number of aliphatic carboxylic acids is 1. The van der Waals surface area contributed by atoms with Gasteiger partial charge in [-0.1, -0.05) is 11.6 Å². The van der Waals surface area contributed by atoms with Gasteiger partial charge >= 0.3 is 5.97 Å². The molecule has 8 nitrogen and oxygen atoms in total. The van der Waals surface area contributed by atoms with E-state index in [1.165, 1.54) is 13.1 Å². The Morgan fingerprint density at radius 3 is 2.57 bits per heavy atom. The molecule has 1 amide bonds. The molecule has 1 aromatic heterocycles. The van der Waals surface area contributed by atoms with Crippen molar-refractivity contribution >= 4 is 34.5 Å². The molecule has 0 radical (unpaired) electrons. The Hall–Kier alpha value is -3.39. The highest BCUT2D eigenvalue weighted by molar-refractivity contribution is 6.31. The van der Waals surface area contributed by atoms with Gasteiger partial charge in [0.15, 0.2) is 6.10 Å². The molecular weight excluding hydrogens is 386 g/mol. The summed E-state index contributed by atoms with van der Waals surface area (Å²) in [7, 11) is 0. The number of amides is 1. The molecule has 3 aromatic rings. The van der Waals surface area contributed by atoms with E-state index in [1.807, 2.05) is 0 Å². The molecule has 0 saturated carbocycles. The third-order valence-electron chi connectivity index (χ3n) is 3.62. The quantitative estimate of drug-likeness (QED) is 0.625. The lowest BCUT2D eigenvalue weighted by molar-refractivity contribution is -0.139. The highest BCUT2D eigenvalue weighted by Gasteiger charge is 2.15. The number of ether oxygens (including phenoxy) is 2. The summed E-state index contributed by atoms with van der Waals surface area (Å²) in [6.07, 6.45) is 0.664. The largest absolute Gasteiger partial charge is 0.481 e. The number of carboxylic acids is 1. The molecule has 0 aliphatic carbocycles. The van der Waals surface area contributed by atoms with E-state index < -0.39 is 24.5 Å².